The molecular formula is C6H11N3O. The van der Waals surface area contributed by atoms with Gasteiger partial charge in [-0.05, 0) is 0 Å². The van der Waals surface area contributed by atoms with E-state index in [1.54, 1.807) is 4.57 Å². The van der Waals surface area contributed by atoms with Gasteiger partial charge in [-0.15, -0.1) is 10.2 Å². The van der Waals surface area contributed by atoms with Crippen LogP contribution in [0.25, 0.3) is 0 Å². The standard InChI is InChI=1S/C6H11N3O/c1-3-5-7-8-6(4-10)9(5)2/h10H,3-4H2,1-2H3. The molecule has 0 atom stereocenters. The van der Waals surface area contributed by atoms with Crippen molar-refractivity contribution in [3.05, 3.63) is 11.6 Å². The molecule has 1 heterocycles. The molecule has 0 spiro atoms. The van der Waals surface area contributed by atoms with Crippen molar-refractivity contribution < 1.29 is 5.11 Å². The number of hydrogen-bond donors (Lipinski definition) is 1. The predicted octanol–water partition coefficient (Wildman–Crippen LogP) is -0.130. The monoisotopic (exact) mass is 141 g/mol. The summed E-state index contributed by atoms with van der Waals surface area (Å²) in [7, 11) is 1.85. The lowest BCUT2D eigenvalue weighted by Crippen LogP contribution is -2.00. The zero-order valence-electron chi connectivity index (χ0n) is 6.20. The second kappa shape index (κ2) is 2.79. The van der Waals surface area contributed by atoms with Gasteiger partial charge in [0, 0.05) is 13.5 Å². The van der Waals surface area contributed by atoms with Gasteiger partial charge in [0.15, 0.2) is 5.82 Å². The fourth-order valence-electron chi connectivity index (χ4n) is 0.844. The Morgan fingerprint density at radius 1 is 1.40 bits per heavy atom. The molecular weight excluding hydrogens is 130 g/mol. The van der Waals surface area contributed by atoms with E-state index < -0.39 is 0 Å². The molecule has 56 valence electrons. The van der Waals surface area contributed by atoms with Crippen LogP contribution in [0.15, 0.2) is 0 Å². The van der Waals surface area contributed by atoms with Crippen molar-refractivity contribution >= 4 is 0 Å². The molecule has 0 aliphatic rings. The SMILES string of the molecule is CCc1nnc(CO)n1C. The van der Waals surface area contributed by atoms with E-state index in [4.69, 9.17) is 5.11 Å². The number of aromatic nitrogens is 3. The van der Waals surface area contributed by atoms with E-state index in [1.165, 1.54) is 0 Å². The lowest BCUT2D eigenvalue weighted by Gasteiger charge is -1.96. The zero-order chi connectivity index (χ0) is 7.56. The van der Waals surface area contributed by atoms with Crippen LogP contribution in [0.3, 0.4) is 0 Å². The van der Waals surface area contributed by atoms with E-state index >= 15 is 0 Å². The third-order valence-corrected chi connectivity index (χ3v) is 1.51. The van der Waals surface area contributed by atoms with Crippen LogP contribution in [0.1, 0.15) is 18.6 Å². The Balaban J connectivity index is 2.97. The van der Waals surface area contributed by atoms with Gasteiger partial charge in [0.1, 0.15) is 12.4 Å². The fraction of sp³-hybridized carbons (Fsp3) is 0.667. The highest BCUT2D eigenvalue weighted by Crippen LogP contribution is 1.98. The van der Waals surface area contributed by atoms with Gasteiger partial charge in [-0.3, -0.25) is 0 Å². The summed E-state index contributed by atoms with van der Waals surface area (Å²) < 4.78 is 1.81. The molecule has 0 aromatic carbocycles. The zero-order valence-corrected chi connectivity index (χ0v) is 6.20. The van der Waals surface area contributed by atoms with Crippen LogP contribution in [0.4, 0.5) is 0 Å². The summed E-state index contributed by atoms with van der Waals surface area (Å²) in [5, 5.41) is 16.3. The van der Waals surface area contributed by atoms with Gasteiger partial charge in [-0.1, -0.05) is 6.92 Å². The number of aryl methyl sites for hydroxylation is 1. The molecule has 0 amide bonds. The highest BCUT2D eigenvalue weighted by atomic mass is 16.3. The number of rotatable bonds is 2. The largest absolute Gasteiger partial charge is 0.388 e. The summed E-state index contributed by atoms with van der Waals surface area (Å²) in [5.41, 5.74) is 0. The molecule has 0 unspecified atom stereocenters. The van der Waals surface area contributed by atoms with E-state index in [0.717, 1.165) is 12.2 Å². The first-order valence-corrected chi connectivity index (χ1v) is 3.27. The summed E-state index contributed by atoms with van der Waals surface area (Å²) in [6.07, 6.45) is 0.851. The first-order chi connectivity index (χ1) is 4.79. The van der Waals surface area contributed by atoms with Crippen LogP contribution in [0.5, 0.6) is 0 Å². The van der Waals surface area contributed by atoms with Crippen LogP contribution in [-0.2, 0) is 20.1 Å². The Morgan fingerprint density at radius 2 is 2.00 bits per heavy atom. The number of aliphatic hydroxyl groups is 1. The Kier molecular flexibility index (Phi) is 2.01. The topological polar surface area (TPSA) is 50.9 Å². The Hall–Kier alpha value is -0.900. The second-order valence-electron chi connectivity index (χ2n) is 2.10. The molecule has 0 saturated carbocycles. The molecule has 1 rings (SSSR count). The Morgan fingerprint density at radius 3 is 2.30 bits per heavy atom. The third kappa shape index (κ3) is 1.02. The van der Waals surface area contributed by atoms with Gasteiger partial charge in [0.05, 0.1) is 0 Å². The van der Waals surface area contributed by atoms with Crippen LogP contribution in [-0.4, -0.2) is 19.9 Å². The average Bonchev–Trinajstić information content (AvgIpc) is 2.30. The minimum Gasteiger partial charge on any atom is -0.388 e. The minimum atomic E-state index is -0.0382. The summed E-state index contributed by atoms with van der Waals surface area (Å²) >= 11 is 0. The summed E-state index contributed by atoms with van der Waals surface area (Å²) in [5.74, 6) is 1.53. The maximum absolute atomic E-state index is 8.70. The molecule has 1 aromatic rings. The lowest BCUT2D eigenvalue weighted by molar-refractivity contribution is 0.266. The van der Waals surface area contributed by atoms with E-state index in [1.807, 2.05) is 14.0 Å². The van der Waals surface area contributed by atoms with Gasteiger partial charge in [0.25, 0.3) is 0 Å². The molecule has 0 aliphatic carbocycles. The first kappa shape index (κ1) is 7.21. The van der Waals surface area contributed by atoms with Crippen LogP contribution < -0.4 is 0 Å². The third-order valence-electron chi connectivity index (χ3n) is 1.51. The number of hydrogen-bond acceptors (Lipinski definition) is 3. The molecule has 0 saturated heterocycles. The predicted molar refractivity (Wildman–Crippen MR) is 36.3 cm³/mol. The number of aliphatic hydroxyl groups excluding tert-OH is 1. The van der Waals surface area contributed by atoms with Crippen molar-refractivity contribution in [1.82, 2.24) is 14.8 Å². The average molecular weight is 141 g/mol. The van der Waals surface area contributed by atoms with E-state index in [-0.39, 0.29) is 6.61 Å². The molecule has 1 N–H and O–H groups in total. The van der Waals surface area contributed by atoms with Gasteiger partial charge in [-0.2, -0.15) is 0 Å². The highest BCUT2D eigenvalue weighted by Gasteiger charge is 2.03. The molecule has 1 aromatic heterocycles. The van der Waals surface area contributed by atoms with E-state index in [2.05, 4.69) is 10.2 Å². The quantitative estimate of drug-likeness (QED) is 0.624. The number of nitrogens with zero attached hydrogens (tertiary/aromatic N) is 3. The molecule has 0 aliphatic heterocycles. The van der Waals surface area contributed by atoms with Crippen molar-refractivity contribution in [3.8, 4) is 0 Å². The van der Waals surface area contributed by atoms with Gasteiger partial charge >= 0.3 is 0 Å². The highest BCUT2D eigenvalue weighted by molar-refractivity contribution is 4.92. The van der Waals surface area contributed by atoms with E-state index in [0.29, 0.717) is 5.82 Å². The second-order valence-corrected chi connectivity index (χ2v) is 2.10. The maximum atomic E-state index is 8.70. The van der Waals surface area contributed by atoms with Gasteiger partial charge in [-0.25, -0.2) is 0 Å². The van der Waals surface area contributed by atoms with Crippen LogP contribution >= 0.6 is 0 Å². The fourth-order valence-corrected chi connectivity index (χ4v) is 0.844. The Bertz CT molecular complexity index is 197. The minimum absolute atomic E-state index is 0.0382. The van der Waals surface area contributed by atoms with Crippen LogP contribution in [0, 0.1) is 0 Å². The van der Waals surface area contributed by atoms with Gasteiger partial charge in [0.2, 0.25) is 0 Å². The lowest BCUT2D eigenvalue weighted by atomic mass is 10.4. The maximum Gasteiger partial charge on any atom is 0.158 e. The van der Waals surface area contributed by atoms with Crippen molar-refractivity contribution in [2.24, 2.45) is 7.05 Å². The van der Waals surface area contributed by atoms with Gasteiger partial charge < -0.3 is 9.67 Å². The molecule has 0 fully saturated rings. The summed E-state index contributed by atoms with van der Waals surface area (Å²) in [6, 6.07) is 0. The first-order valence-electron chi connectivity index (χ1n) is 3.27. The molecule has 4 heteroatoms. The molecule has 10 heavy (non-hydrogen) atoms. The molecule has 0 bridgehead atoms. The smallest absolute Gasteiger partial charge is 0.158 e. The summed E-state index contributed by atoms with van der Waals surface area (Å²) in [4.78, 5) is 0. The Labute approximate surface area is 59.5 Å². The van der Waals surface area contributed by atoms with Crippen LogP contribution in [0.2, 0.25) is 0 Å². The van der Waals surface area contributed by atoms with Crippen molar-refractivity contribution in [1.29, 1.82) is 0 Å². The van der Waals surface area contributed by atoms with Crippen molar-refractivity contribution in [3.63, 3.8) is 0 Å². The van der Waals surface area contributed by atoms with Crippen molar-refractivity contribution in [2.75, 3.05) is 0 Å². The molecule has 0 radical (unpaired) electrons. The van der Waals surface area contributed by atoms with Crippen molar-refractivity contribution in [2.45, 2.75) is 20.0 Å². The van der Waals surface area contributed by atoms with E-state index in [9.17, 15) is 0 Å². The normalized spacial score (nSPS) is 10.3. The summed E-state index contributed by atoms with van der Waals surface area (Å²) in [6.45, 7) is 1.97. The molecule has 4 nitrogen and oxygen atoms in total.